The predicted octanol–water partition coefficient (Wildman–Crippen LogP) is 6.10. The lowest BCUT2D eigenvalue weighted by Crippen LogP contribution is -2.41. The lowest BCUT2D eigenvalue weighted by atomic mass is 9.97. The maximum absolute atomic E-state index is 13.0. The van der Waals surface area contributed by atoms with Gasteiger partial charge in [0.25, 0.3) is 5.56 Å². The molecule has 1 aromatic carbocycles. The highest BCUT2D eigenvalue weighted by Gasteiger charge is 2.34. The Morgan fingerprint density at radius 1 is 1.10 bits per heavy atom. The van der Waals surface area contributed by atoms with Crippen LogP contribution in [0, 0.1) is 0 Å². The Morgan fingerprint density at radius 3 is 2.46 bits per heavy atom. The summed E-state index contributed by atoms with van der Waals surface area (Å²) in [6.07, 6.45) is -2.27. The summed E-state index contributed by atoms with van der Waals surface area (Å²) in [5.41, 5.74) is 0.362. The number of aromatic nitrogens is 4. The maximum Gasteiger partial charge on any atom is 0.421 e. The summed E-state index contributed by atoms with van der Waals surface area (Å²) in [6, 6.07) is 9.05. The molecule has 1 amide bonds. The Balaban J connectivity index is 1.24. The van der Waals surface area contributed by atoms with E-state index in [1.54, 1.807) is 27.8 Å². The van der Waals surface area contributed by atoms with Gasteiger partial charge in [-0.3, -0.25) is 14.3 Å². The number of piperidine rings is 1. The molecule has 0 saturated carbocycles. The Kier molecular flexibility index (Phi) is 7.58. The largest absolute Gasteiger partial charge is 0.421 e. The number of rotatable bonds is 5. The monoisotopic (exact) mass is 595 g/mol. The second-order valence-electron chi connectivity index (χ2n) is 9.21. The summed E-state index contributed by atoms with van der Waals surface area (Å²) in [7, 11) is 1.81. The fraction of sp³-hybridized carbons (Fsp3) is 0.308. The number of amides is 1. The third kappa shape index (κ3) is 5.61. The summed E-state index contributed by atoms with van der Waals surface area (Å²) in [5.74, 6) is -0.265. The number of hydrogen-bond donors (Lipinski definition) is 0. The quantitative estimate of drug-likeness (QED) is 0.279. The van der Waals surface area contributed by atoms with Crippen molar-refractivity contribution in [3.8, 4) is 22.6 Å². The van der Waals surface area contributed by atoms with Crippen LogP contribution >= 0.6 is 34.5 Å². The van der Waals surface area contributed by atoms with Gasteiger partial charge >= 0.3 is 6.18 Å². The molecule has 0 N–H and O–H groups in total. The number of carbonyl (C=O) groups is 1. The SMILES string of the molecule is Cn1nc(-c2csc(C3CCN(C(=O)Cn4cccc(C(F)(F)F)c4=O)CC3)n2)cc1-c1c(Cl)cccc1Cl. The molecule has 1 fully saturated rings. The summed E-state index contributed by atoms with van der Waals surface area (Å²) < 4.78 is 41.6. The molecule has 3 aromatic heterocycles. The van der Waals surface area contributed by atoms with Gasteiger partial charge in [-0.2, -0.15) is 18.3 Å². The Labute approximate surface area is 235 Å². The van der Waals surface area contributed by atoms with E-state index >= 15 is 0 Å². The molecule has 204 valence electrons. The van der Waals surface area contributed by atoms with Crippen molar-refractivity contribution in [1.29, 1.82) is 0 Å². The van der Waals surface area contributed by atoms with E-state index in [0.717, 1.165) is 33.1 Å². The van der Waals surface area contributed by atoms with Crippen LogP contribution in [0.15, 0.2) is 52.8 Å². The smallest absolute Gasteiger partial charge is 0.341 e. The number of hydrogen-bond acceptors (Lipinski definition) is 5. The van der Waals surface area contributed by atoms with E-state index in [-0.39, 0.29) is 5.92 Å². The fourth-order valence-electron chi connectivity index (χ4n) is 4.66. The van der Waals surface area contributed by atoms with Crippen LogP contribution in [0.2, 0.25) is 10.0 Å². The van der Waals surface area contributed by atoms with Gasteiger partial charge in [0.15, 0.2) is 0 Å². The summed E-state index contributed by atoms with van der Waals surface area (Å²) >= 11 is 14.3. The number of likely N-dealkylation sites (tertiary alicyclic amines) is 1. The molecule has 4 aromatic rings. The molecule has 5 rings (SSSR count). The van der Waals surface area contributed by atoms with Gasteiger partial charge in [-0.05, 0) is 43.2 Å². The molecular formula is C26H22Cl2F3N5O2S. The number of carbonyl (C=O) groups excluding carboxylic acids is 1. The molecule has 1 aliphatic rings. The van der Waals surface area contributed by atoms with Crippen LogP contribution < -0.4 is 5.56 Å². The molecule has 39 heavy (non-hydrogen) atoms. The molecule has 0 bridgehead atoms. The molecule has 0 spiro atoms. The number of halogens is 5. The first kappa shape index (κ1) is 27.4. The average Bonchev–Trinajstić information content (AvgIpc) is 3.52. The van der Waals surface area contributed by atoms with Gasteiger partial charge in [0.05, 0.1) is 20.7 Å². The van der Waals surface area contributed by atoms with Crippen molar-refractivity contribution >= 4 is 40.4 Å². The lowest BCUT2D eigenvalue weighted by molar-refractivity contribution is -0.139. The van der Waals surface area contributed by atoms with E-state index in [2.05, 4.69) is 5.10 Å². The zero-order valence-electron chi connectivity index (χ0n) is 20.6. The Hall–Kier alpha value is -3.15. The van der Waals surface area contributed by atoms with E-state index in [0.29, 0.717) is 47.2 Å². The van der Waals surface area contributed by atoms with Gasteiger partial charge in [0, 0.05) is 43.2 Å². The second-order valence-corrected chi connectivity index (χ2v) is 10.9. The van der Waals surface area contributed by atoms with Crippen molar-refractivity contribution in [2.45, 2.75) is 31.5 Å². The predicted molar refractivity (Wildman–Crippen MR) is 144 cm³/mol. The highest BCUT2D eigenvalue weighted by molar-refractivity contribution is 7.10. The van der Waals surface area contributed by atoms with E-state index in [9.17, 15) is 22.8 Å². The van der Waals surface area contributed by atoms with Gasteiger partial charge in [0.1, 0.15) is 23.5 Å². The van der Waals surface area contributed by atoms with E-state index in [1.807, 2.05) is 18.5 Å². The van der Waals surface area contributed by atoms with E-state index in [1.165, 1.54) is 17.5 Å². The number of thiazole rings is 1. The molecular weight excluding hydrogens is 574 g/mol. The molecule has 13 heteroatoms. The van der Waals surface area contributed by atoms with Crippen molar-refractivity contribution in [1.82, 2.24) is 24.2 Å². The normalized spacial score (nSPS) is 14.7. The number of benzene rings is 1. The van der Waals surface area contributed by atoms with Crippen LogP contribution in [0.4, 0.5) is 13.2 Å². The minimum absolute atomic E-state index is 0.130. The number of pyridine rings is 1. The van der Waals surface area contributed by atoms with Crippen LogP contribution in [-0.4, -0.2) is 43.2 Å². The lowest BCUT2D eigenvalue weighted by Gasteiger charge is -2.31. The first-order valence-electron chi connectivity index (χ1n) is 12.0. The van der Waals surface area contributed by atoms with Gasteiger partial charge in [-0.25, -0.2) is 4.98 Å². The Morgan fingerprint density at radius 2 is 1.79 bits per heavy atom. The first-order valence-corrected chi connectivity index (χ1v) is 13.6. The molecule has 4 heterocycles. The number of alkyl halides is 3. The molecule has 0 aliphatic carbocycles. The highest BCUT2D eigenvalue weighted by atomic mass is 35.5. The second kappa shape index (κ2) is 10.8. The van der Waals surface area contributed by atoms with Crippen molar-refractivity contribution in [2.75, 3.05) is 13.1 Å². The zero-order chi connectivity index (χ0) is 27.9. The number of nitrogens with zero attached hydrogens (tertiary/aromatic N) is 5. The van der Waals surface area contributed by atoms with E-state index < -0.39 is 29.8 Å². The topological polar surface area (TPSA) is 73.0 Å². The van der Waals surface area contributed by atoms with Gasteiger partial charge in [-0.1, -0.05) is 29.3 Å². The van der Waals surface area contributed by atoms with Crippen molar-refractivity contribution in [3.63, 3.8) is 0 Å². The standard InChI is InChI=1S/C26H22Cl2F3N5O2S/c1-34-21(23-17(27)5-2-6-18(23)28)12-19(33-34)20-14-39-24(32-20)15-7-10-35(11-8-15)22(37)13-36-9-3-4-16(25(36)38)26(29,30)31/h2-6,9,12,14-15H,7-8,10-11,13H2,1H3. The van der Waals surface area contributed by atoms with Crippen LogP contribution in [0.3, 0.4) is 0 Å². The van der Waals surface area contributed by atoms with Crippen molar-refractivity contribution < 1.29 is 18.0 Å². The minimum atomic E-state index is -4.77. The molecule has 7 nitrogen and oxygen atoms in total. The molecule has 0 radical (unpaired) electrons. The van der Waals surface area contributed by atoms with Crippen LogP contribution in [0.5, 0.6) is 0 Å². The number of aryl methyl sites for hydroxylation is 1. The third-order valence-corrected chi connectivity index (χ3v) is 8.35. The van der Waals surface area contributed by atoms with Gasteiger partial charge in [-0.15, -0.1) is 11.3 Å². The maximum atomic E-state index is 13.0. The molecule has 1 saturated heterocycles. The summed E-state index contributed by atoms with van der Waals surface area (Å²) in [5, 5.41) is 8.50. The average molecular weight is 596 g/mol. The fourth-order valence-corrected chi connectivity index (χ4v) is 6.24. The molecule has 1 aliphatic heterocycles. The van der Waals surface area contributed by atoms with Gasteiger partial charge < -0.3 is 9.47 Å². The minimum Gasteiger partial charge on any atom is -0.341 e. The Bertz CT molecular complexity index is 1570. The molecule has 0 atom stereocenters. The molecule has 0 unspecified atom stereocenters. The zero-order valence-corrected chi connectivity index (χ0v) is 22.9. The van der Waals surface area contributed by atoms with Crippen molar-refractivity contribution in [3.05, 3.63) is 78.9 Å². The van der Waals surface area contributed by atoms with Crippen molar-refractivity contribution in [2.24, 2.45) is 7.05 Å². The van der Waals surface area contributed by atoms with Gasteiger partial charge in [0.2, 0.25) is 5.91 Å². The van der Waals surface area contributed by atoms with Crippen LogP contribution in [-0.2, 0) is 24.6 Å². The summed E-state index contributed by atoms with van der Waals surface area (Å²) in [4.78, 5) is 31.3. The highest BCUT2D eigenvalue weighted by Crippen LogP contribution is 2.37. The van der Waals surface area contributed by atoms with Crippen LogP contribution in [0.1, 0.15) is 29.3 Å². The third-order valence-electron chi connectivity index (χ3n) is 6.71. The summed E-state index contributed by atoms with van der Waals surface area (Å²) in [6.45, 7) is 0.405. The van der Waals surface area contributed by atoms with E-state index in [4.69, 9.17) is 28.2 Å². The van der Waals surface area contributed by atoms with Crippen LogP contribution in [0.25, 0.3) is 22.6 Å². The first-order chi connectivity index (χ1) is 18.5.